The molecule has 0 aromatic rings. The van der Waals surface area contributed by atoms with Crippen molar-refractivity contribution in [3.05, 3.63) is 0 Å². The number of alkyl halides is 3. The summed E-state index contributed by atoms with van der Waals surface area (Å²) in [5, 5.41) is 13.0. The van der Waals surface area contributed by atoms with E-state index in [2.05, 4.69) is 5.32 Å². The van der Waals surface area contributed by atoms with Gasteiger partial charge in [0.25, 0.3) is 6.43 Å². The van der Waals surface area contributed by atoms with Crippen LogP contribution in [0.1, 0.15) is 0 Å². The minimum absolute atomic E-state index is 0.643. The highest BCUT2D eigenvalue weighted by atomic mass is 32.2. The van der Waals surface area contributed by atoms with Crippen molar-refractivity contribution in [3.8, 4) is 0 Å². The summed E-state index contributed by atoms with van der Waals surface area (Å²) in [5.74, 6) is 0. The van der Waals surface area contributed by atoms with Crippen LogP contribution in [0, 0.1) is 0 Å². The number of nitrogens with one attached hydrogen (secondary N) is 1. The molecule has 0 aliphatic carbocycles. The van der Waals surface area contributed by atoms with Crippen LogP contribution >= 0.6 is 11.8 Å². The molecular formula is C9H14F3N2O2S+. The first-order valence-electron chi connectivity index (χ1n) is 5.17. The first kappa shape index (κ1) is 13.0. The summed E-state index contributed by atoms with van der Waals surface area (Å²) < 4.78 is 45.8. The monoisotopic (exact) mass is 271 g/mol. The molecule has 5 atom stereocenters. The number of fused-ring (bicyclic) bond motifs is 1. The molecule has 0 aromatic heterocycles. The van der Waals surface area contributed by atoms with Crippen LogP contribution in [-0.4, -0.2) is 65.2 Å². The summed E-state index contributed by atoms with van der Waals surface area (Å²) in [6.07, 6.45) is -8.20. The second-order valence-corrected chi connectivity index (χ2v) is 5.10. The lowest BCUT2D eigenvalue weighted by Gasteiger charge is -2.36. The quantitative estimate of drug-likeness (QED) is 0.659. The molecule has 4 nitrogen and oxygen atoms in total. The third kappa shape index (κ3) is 2.02. The first-order valence-corrected chi connectivity index (χ1v) is 6.05. The Labute approximate surface area is 101 Å². The largest absolute Gasteiger partial charge is 0.387 e. The molecule has 1 saturated heterocycles. The Morgan fingerprint density at radius 3 is 2.71 bits per heavy atom. The van der Waals surface area contributed by atoms with Crippen LogP contribution in [0.15, 0.2) is 0 Å². The molecule has 17 heavy (non-hydrogen) atoms. The number of hydrogen-bond donors (Lipinski definition) is 2. The fraction of sp³-hybridized carbons (Fsp3) is 0.889. The SMILES string of the molecule is CNC1=[N+](C)C2C(OC(C(F)F)C(O)C2F)S1. The van der Waals surface area contributed by atoms with Crippen molar-refractivity contribution in [1.82, 2.24) is 5.32 Å². The van der Waals surface area contributed by atoms with E-state index in [-0.39, 0.29) is 0 Å². The Bertz CT molecular complexity index is 342. The molecule has 0 spiro atoms. The van der Waals surface area contributed by atoms with E-state index in [1.165, 1.54) is 0 Å². The van der Waals surface area contributed by atoms with Crippen LogP contribution in [0.5, 0.6) is 0 Å². The molecule has 1 fully saturated rings. The number of hydrogen-bond acceptors (Lipinski definition) is 4. The lowest BCUT2D eigenvalue weighted by atomic mass is 9.99. The van der Waals surface area contributed by atoms with E-state index in [1.54, 1.807) is 18.7 Å². The van der Waals surface area contributed by atoms with Gasteiger partial charge in [0.05, 0.1) is 14.1 Å². The van der Waals surface area contributed by atoms with E-state index < -0.39 is 36.3 Å². The van der Waals surface area contributed by atoms with Crippen LogP contribution in [0.3, 0.4) is 0 Å². The van der Waals surface area contributed by atoms with E-state index in [1.807, 2.05) is 0 Å². The van der Waals surface area contributed by atoms with Gasteiger partial charge in [-0.25, -0.2) is 17.7 Å². The number of nitrogens with zero attached hydrogens (tertiary/aromatic N) is 1. The van der Waals surface area contributed by atoms with Crippen LogP contribution in [0.2, 0.25) is 0 Å². The molecule has 0 radical (unpaired) electrons. The van der Waals surface area contributed by atoms with Gasteiger partial charge in [-0.2, -0.15) is 0 Å². The first-order chi connectivity index (χ1) is 7.97. The molecule has 2 heterocycles. The van der Waals surface area contributed by atoms with Crippen molar-refractivity contribution in [1.29, 1.82) is 0 Å². The molecule has 2 rings (SSSR count). The maximum absolute atomic E-state index is 13.9. The number of aliphatic hydroxyl groups excluding tert-OH is 1. The smallest absolute Gasteiger partial charge is 0.308 e. The predicted octanol–water partition coefficient (Wildman–Crippen LogP) is 0.00850. The Morgan fingerprint density at radius 1 is 1.53 bits per heavy atom. The van der Waals surface area contributed by atoms with Crippen LogP contribution < -0.4 is 5.32 Å². The topological polar surface area (TPSA) is 44.5 Å². The van der Waals surface area contributed by atoms with Gasteiger partial charge in [-0.05, 0) is 11.8 Å². The lowest BCUT2D eigenvalue weighted by molar-refractivity contribution is -0.558. The Balaban J connectivity index is 2.22. The third-order valence-corrected chi connectivity index (χ3v) is 4.35. The average molecular weight is 271 g/mol. The average Bonchev–Trinajstić information content (AvgIpc) is 2.60. The van der Waals surface area contributed by atoms with E-state index in [0.29, 0.717) is 5.17 Å². The number of rotatable bonds is 1. The van der Waals surface area contributed by atoms with E-state index in [0.717, 1.165) is 11.8 Å². The van der Waals surface area contributed by atoms with Crippen molar-refractivity contribution in [2.45, 2.75) is 36.3 Å². The molecule has 0 bridgehead atoms. The van der Waals surface area contributed by atoms with Gasteiger partial charge in [0.2, 0.25) is 0 Å². The molecular weight excluding hydrogens is 257 g/mol. The fourth-order valence-corrected chi connectivity index (χ4v) is 3.40. The summed E-state index contributed by atoms with van der Waals surface area (Å²) in [6.45, 7) is 0. The number of ether oxygens (including phenoxy) is 1. The molecule has 0 saturated carbocycles. The van der Waals surface area contributed by atoms with Gasteiger partial charge < -0.3 is 9.84 Å². The highest BCUT2D eigenvalue weighted by molar-refractivity contribution is 8.14. The fourth-order valence-electron chi connectivity index (χ4n) is 2.12. The molecule has 2 aliphatic rings. The second-order valence-electron chi connectivity index (χ2n) is 4.01. The summed E-state index contributed by atoms with van der Waals surface area (Å²) in [6, 6.07) is -0.743. The zero-order valence-electron chi connectivity index (χ0n) is 9.31. The van der Waals surface area contributed by atoms with Gasteiger partial charge >= 0.3 is 5.17 Å². The van der Waals surface area contributed by atoms with Crippen molar-refractivity contribution in [2.75, 3.05) is 14.1 Å². The molecule has 8 heteroatoms. The lowest BCUT2D eigenvalue weighted by Crippen LogP contribution is -2.58. The number of likely N-dealkylation sites (N-methyl/N-ethyl adjacent to an activating group) is 1. The summed E-state index contributed by atoms with van der Waals surface area (Å²) >= 11 is 1.15. The van der Waals surface area contributed by atoms with E-state index >= 15 is 0 Å². The number of amidine groups is 1. The van der Waals surface area contributed by atoms with Gasteiger partial charge in [0, 0.05) is 0 Å². The number of halogens is 3. The van der Waals surface area contributed by atoms with Gasteiger partial charge in [-0.3, -0.25) is 5.32 Å². The predicted molar refractivity (Wildman–Crippen MR) is 57.2 cm³/mol. The zero-order chi connectivity index (χ0) is 12.7. The molecule has 5 unspecified atom stereocenters. The summed E-state index contributed by atoms with van der Waals surface area (Å²) in [5.41, 5.74) is -0.722. The summed E-state index contributed by atoms with van der Waals surface area (Å²) in [4.78, 5) is 0. The van der Waals surface area contributed by atoms with Crippen molar-refractivity contribution in [2.24, 2.45) is 0 Å². The highest BCUT2D eigenvalue weighted by Gasteiger charge is 2.56. The molecule has 2 N–H and O–H groups in total. The Kier molecular flexibility index (Phi) is 3.55. The van der Waals surface area contributed by atoms with Gasteiger partial charge in [0.1, 0.15) is 12.2 Å². The van der Waals surface area contributed by atoms with Gasteiger partial charge in [-0.1, -0.05) is 0 Å². The van der Waals surface area contributed by atoms with Gasteiger partial charge in [0.15, 0.2) is 17.6 Å². The molecule has 98 valence electrons. The molecule has 0 aromatic carbocycles. The minimum atomic E-state index is -2.89. The standard InChI is InChI=1S/C9H13F3N2O2S/c1-13-9-14(2)4-3(10)5(15)6(7(11)12)16-8(4)17-9/h3-8,15H,1-2H3/p+1. The van der Waals surface area contributed by atoms with Crippen molar-refractivity contribution in [3.63, 3.8) is 0 Å². The molecule has 0 amide bonds. The Morgan fingerprint density at radius 2 is 2.18 bits per heavy atom. The van der Waals surface area contributed by atoms with Gasteiger partial charge in [-0.15, -0.1) is 0 Å². The third-order valence-electron chi connectivity index (χ3n) is 3.02. The summed E-state index contributed by atoms with van der Waals surface area (Å²) in [7, 11) is 3.29. The zero-order valence-corrected chi connectivity index (χ0v) is 10.1. The maximum atomic E-state index is 13.9. The van der Waals surface area contributed by atoms with Crippen molar-refractivity contribution < 1.29 is 27.6 Å². The second kappa shape index (κ2) is 4.66. The normalized spacial score (nSPS) is 41.9. The van der Waals surface area contributed by atoms with Crippen molar-refractivity contribution >= 4 is 16.9 Å². The van der Waals surface area contributed by atoms with Crippen LogP contribution in [-0.2, 0) is 4.74 Å². The highest BCUT2D eigenvalue weighted by Crippen LogP contribution is 2.37. The van der Waals surface area contributed by atoms with E-state index in [9.17, 15) is 18.3 Å². The maximum Gasteiger partial charge on any atom is 0.308 e. The van der Waals surface area contributed by atoms with Crippen LogP contribution in [0.25, 0.3) is 0 Å². The minimum Gasteiger partial charge on any atom is -0.387 e. The van der Waals surface area contributed by atoms with Crippen LogP contribution in [0.4, 0.5) is 13.2 Å². The Hall–Kier alpha value is -0.470. The van der Waals surface area contributed by atoms with E-state index in [4.69, 9.17) is 4.74 Å². The number of thioether (sulfide) groups is 1. The molecule has 2 aliphatic heterocycles. The number of aliphatic hydroxyl groups is 1.